The number of hydrogen-bond acceptors (Lipinski definition) is 7. The number of nitrogens with one attached hydrogen (secondary N) is 1. The molecule has 164 valence electrons. The SMILES string of the molecule is CC(=O)N[C@@H]1[C@@H](O)C(CC=Cc2ccc(C)cc2)=C(C(=O)O)O[C@H]1C(O)C(O)CO. The van der Waals surface area contributed by atoms with Crippen molar-refractivity contribution < 1.29 is 39.9 Å². The van der Waals surface area contributed by atoms with Crippen LogP contribution in [0.5, 0.6) is 0 Å². The minimum atomic E-state index is -1.75. The number of allylic oxidation sites excluding steroid dienone is 1. The highest BCUT2D eigenvalue weighted by molar-refractivity contribution is 5.86. The molecule has 9 heteroatoms. The van der Waals surface area contributed by atoms with E-state index in [4.69, 9.17) is 9.84 Å². The first kappa shape index (κ1) is 23.6. The van der Waals surface area contributed by atoms with Gasteiger partial charge in [-0.25, -0.2) is 4.79 Å². The van der Waals surface area contributed by atoms with E-state index in [0.717, 1.165) is 11.1 Å². The predicted octanol–water partition coefficient (Wildman–Crippen LogP) is -0.284. The summed E-state index contributed by atoms with van der Waals surface area (Å²) >= 11 is 0. The average molecular weight is 421 g/mol. The van der Waals surface area contributed by atoms with Crippen LogP contribution in [0.4, 0.5) is 0 Å². The number of amides is 1. The van der Waals surface area contributed by atoms with Crippen LogP contribution >= 0.6 is 0 Å². The molecule has 6 N–H and O–H groups in total. The average Bonchev–Trinajstić information content (AvgIpc) is 2.70. The Morgan fingerprint density at radius 3 is 2.40 bits per heavy atom. The fourth-order valence-electron chi connectivity index (χ4n) is 3.22. The van der Waals surface area contributed by atoms with Gasteiger partial charge in [0.2, 0.25) is 11.7 Å². The van der Waals surface area contributed by atoms with Gasteiger partial charge < -0.3 is 35.6 Å². The van der Waals surface area contributed by atoms with Crippen molar-refractivity contribution in [2.24, 2.45) is 0 Å². The predicted molar refractivity (Wildman–Crippen MR) is 107 cm³/mol. The van der Waals surface area contributed by atoms with Gasteiger partial charge in [-0.15, -0.1) is 0 Å². The van der Waals surface area contributed by atoms with E-state index in [9.17, 15) is 30.0 Å². The molecule has 0 spiro atoms. The summed E-state index contributed by atoms with van der Waals surface area (Å²) in [5, 5.41) is 51.8. The van der Waals surface area contributed by atoms with Gasteiger partial charge in [0, 0.05) is 12.5 Å². The maximum absolute atomic E-state index is 11.7. The van der Waals surface area contributed by atoms with E-state index in [0.29, 0.717) is 0 Å². The van der Waals surface area contributed by atoms with Crippen LogP contribution in [-0.2, 0) is 14.3 Å². The van der Waals surface area contributed by atoms with Crippen molar-refractivity contribution in [2.75, 3.05) is 6.61 Å². The molecule has 2 unspecified atom stereocenters. The van der Waals surface area contributed by atoms with Gasteiger partial charge >= 0.3 is 5.97 Å². The number of aliphatic hydroxyl groups excluding tert-OH is 4. The van der Waals surface area contributed by atoms with Gasteiger partial charge in [0.25, 0.3) is 0 Å². The van der Waals surface area contributed by atoms with Crippen LogP contribution in [0.15, 0.2) is 41.7 Å². The van der Waals surface area contributed by atoms with Crippen LogP contribution in [0.3, 0.4) is 0 Å². The molecule has 0 radical (unpaired) electrons. The first-order valence-corrected chi connectivity index (χ1v) is 9.44. The maximum Gasteiger partial charge on any atom is 0.371 e. The highest BCUT2D eigenvalue weighted by Gasteiger charge is 2.46. The highest BCUT2D eigenvalue weighted by atomic mass is 16.5. The third-order valence-corrected chi connectivity index (χ3v) is 4.80. The van der Waals surface area contributed by atoms with Gasteiger partial charge in [-0.2, -0.15) is 0 Å². The molecule has 0 fully saturated rings. The zero-order chi connectivity index (χ0) is 22.4. The van der Waals surface area contributed by atoms with Crippen LogP contribution in [0.1, 0.15) is 24.5 Å². The summed E-state index contributed by atoms with van der Waals surface area (Å²) in [6.45, 7) is 2.32. The Morgan fingerprint density at radius 2 is 1.87 bits per heavy atom. The normalized spacial score (nSPS) is 23.7. The Kier molecular flexibility index (Phi) is 8.13. The molecule has 30 heavy (non-hydrogen) atoms. The van der Waals surface area contributed by atoms with Gasteiger partial charge in [0.05, 0.1) is 12.6 Å². The molecule has 5 atom stereocenters. The van der Waals surface area contributed by atoms with Gasteiger partial charge in [-0.1, -0.05) is 42.0 Å². The lowest BCUT2D eigenvalue weighted by atomic mass is 9.87. The minimum Gasteiger partial charge on any atom is -0.478 e. The molecule has 2 rings (SSSR count). The van der Waals surface area contributed by atoms with Gasteiger partial charge in [0.15, 0.2) is 6.10 Å². The molecule has 9 nitrogen and oxygen atoms in total. The van der Waals surface area contributed by atoms with Crippen molar-refractivity contribution in [1.82, 2.24) is 5.32 Å². The second-order valence-corrected chi connectivity index (χ2v) is 7.17. The molecular formula is C21H27NO8. The summed E-state index contributed by atoms with van der Waals surface area (Å²) in [5.74, 6) is -2.59. The monoisotopic (exact) mass is 421 g/mol. The number of carboxylic acid groups (broad SMARTS) is 1. The molecule has 1 aromatic carbocycles. The number of rotatable bonds is 8. The zero-order valence-electron chi connectivity index (χ0n) is 16.7. The van der Waals surface area contributed by atoms with E-state index in [1.54, 1.807) is 12.2 Å². The molecule has 1 aliphatic heterocycles. The smallest absolute Gasteiger partial charge is 0.371 e. The number of aliphatic carboxylic acids is 1. The van der Waals surface area contributed by atoms with Crippen molar-refractivity contribution in [3.05, 3.63) is 52.8 Å². The topological polar surface area (TPSA) is 157 Å². The second kappa shape index (κ2) is 10.4. The molecular weight excluding hydrogens is 394 g/mol. The molecule has 0 aromatic heterocycles. The van der Waals surface area contributed by atoms with Crippen molar-refractivity contribution in [3.8, 4) is 0 Å². The lowest BCUT2D eigenvalue weighted by Crippen LogP contribution is -2.61. The molecule has 0 saturated carbocycles. The summed E-state index contributed by atoms with van der Waals surface area (Å²) in [4.78, 5) is 23.3. The number of aliphatic hydroxyl groups is 4. The number of carbonyl (C=O) groups is 2. The fourth-order valence-corrected chi connectivity index (χ4v) is 3.22. The van der Waals surface area contributed by atoms with Gasteiger partial charge in [-0.3, -0.25) is 4.79 Å². The van der Waals surface area contributed by atoms with Crippen LogP contribution in [0.2, 0.25) is 0 Å². The largest absolute Gasteiger partial charge is 0.478 e. The van der Waals surface area contributed by atoms with E-state index in [1.807, 2.05) is 31.2 Å². The van der Waals surface area contributed by atoms with E-state index in [-0.39, 0.29) is 12.0 Å². The Morgan fingerprint density at radius 1 is 1.23 bits per heavy atom. The van der Waals surface area contributed by atoms with E-state index < -0.39 is 54.7 Å². The lowest BCUT2D eigenvalue weighted by Gasteiger charge is -2.40. The van der Waals surface area contributed by atoms with E-state index >= 15 is 0 Å². The first-order valence-electron chi connectivity index (χ1n) is 9.44. The maximum atomic E-state index is 11.7. The minimum absolute atomic E-state index is 0.00606. The number of aryl methyl sites for hydroxylation is 1. The van der Waals surface area contributed by atoms with Crippen LogP contribution < -0.4 is 5.32 Å². The zero-order valence-corrected chi connectivity index (χ0v) is 16.7. The van der Waals surface area contributed by atoms with E-state index in [2.05, 4.69) is 5.32 Å². The Labute approximate surface area is 173 Å². The van der Waals surface area contributed by atoms with Crippen molar-refractivity contribution >= 4 is 18.0 Å². The molecule has 1 amide bonds. The number of carbonyl (C=O) groups excluding carboxylic acids is 1. The lowest BCUT2D eigenvalue weighted by molar-refractivity contribution is -0.150. The van der Waals surface area contributed by atoms with Crippen LogP contribution in [-0.4, -0.2) is 74.5 Å². The van der Waals surface area contributed by atoms with Gasteiger partial charge in [-0.05, 0) is 18.9 Å². The van der Waals surface area contributed by atoms with Crippen molar-refractivity contribution in [3.63, 3.8) is 0 Å². The number of hydrogen-bond donors (Lipinski definition) is 6. The summed E-state index contributed by atoms with van der Waals surface area (Å²) in [6.07, 6.45) is -2.97. The summed E-state index contributed by atoms with van der Waals surface area (Å²) < 4.78 is 5.40. The number of ether oxygens (including phenoxy) is 1. The molecule has 1 heterocycles. The van der Waals surface area contributed by atoms with Crippen molar-refractivity contribution in [2.45, 2.75) is 50.7 Å². The first-order chi connectivity index (χ1) is 14.1. The fraction of sp³-hybridized carbons (Fsp3) is 0.429. The quantitative estimate of drug-likeness (QED) is 0.335. The molecule has 0 aliphatic carbocycles. The summed E-state index contributed by atoms with van der Waals surface area (Å²) in [5.41, 5.74) is 1.97. The summed E-state index contributed by atoms with van der Waals surface area (Å²) in [6, 6.07) is 6.38. The van der Waals surface area contributed by atoms with Crippen molar-refractivity contribution in [1.29, 1.82) is 0 Å². The Balaban J connectivity index is 2.35. The highest BCUT2D eigenvalue weighted by Crippen LogP contribution is 2.30. The number of benzene rings is 1. The third kappa shape index (κ3) is 5.67. The van der Waals surface area contributed by atoms with Crippen LogP contribution in [0.25, 0.3) is 6.08 Å². The molecule has 1 aliphatic rings. The Bertz CT molecular complexity index is 817. The molecule has 1 aromatic rings. The van der Waals surface area contributed by atoms with E-state index in [1.165, 1.54) is 6.92 Å². The van der Waals surface area contributed by atoms with Gasteiger partial charge in [0.1, 0.15) is 18.3 Å². The van der Waals surface area contributed by atoms with Crippen LogP contribution in [0, 0.1) is 6.92 Å². The Hall–Kier alpha value is -2.72. The number of carboxylic acids is 1. The molecule has 0 bridgehead atoms. The third-order valence-electron chi connectivity index (χ3n) is 4.80. The summed E-state index contributed by atoms with van der Waals surface area (Å²) in [7, 11) is 0. The second-order valence-electron chi connectivity index (χ2n) is 7.17. The molecule has 0 saturated heterocycles. The standard InChI is InChI=1S/C21H27NO8/c1-11-6-8-13(9-7-11)4-3-5-14-17(26)16(22-12(2)24)20(18(27)15(25)10-23)30-19(14)21(28)29/h3-4,6-9,15-18,20,23,25-27H,5,10H2,1-2H3,(H,22,24)(H,28,29)/t15?,16-,17+,18?,20-/m1/s1.